The summed E-state index contributed by atoms with van der Waals surface area (Å²) in [5, 5.41) is 60.5. The lowest BCUT2D eigenvalue weighted by Crippen LogP contribution is -2.48. The van der Waals surface area contributed by atoms with Gasteiger partial charge in [0, 0.05) is 42.6 Å². The first-order valence-corrected chi connectivity index (χ1v) is 22.8. The molecule has 4 rings (SSSR count). The summed E-state index contributed by atoms with van der Waals surface area (Å²) in [4.78, 5) is 165. The number of carboxylic acid groups (broad SMARTS) is 5. The van der Waals surface area contributed by atoms with Crippen LogP contribution >= 0.6 is 0 Å². The van der Waals surface area contributed by atoms with Crippen molar-refractivity contribution in [3.8, 4) is 0 Å². The molecule has 0 fully saturated rings. The minimum Gasteiger partial charge on any atom is -0.481 e. The Morgan fingerprint density at radius 2 is 1.19 bits per heavy atom. The van der Waals surface area contributed by atoms with Crippen LogP contribution in [0.15, 0.2) is 59.5 Å². The maximum absolute atomic E-state index is 13.5. The number of Topliss-reactive ketones (excluding diaryl/α,β-unsaturated/α-hetero) is 2. The van der Waals surface area contributed by atoms with E-state index in [0.29, 0.717) is 16.9 Å². The number of aliphatic carboxylic acids is 5. The van der Waals surface area contributed by atoms with Crippen molar-refractivity contribution in [1.82, 2.24) is 41.2 Å². The van der Waals surface area contributed by atoms with Gasteiger partial charge in [-0.3, -0.25) is 52.9 Å². The van der Waals surface area contributed by atoms with Crippen LogP contribution in [-0.4, -0.2) is 135 Å². The predicted octanol–water partition coefficient (Wildman–Crippen LogP) is 0.408. The molecule has 0 saturated heterocycles. The normalized spacial score (nSPS) is 12.9. The highest BCUT2D eigenvalue weighted by molar-refractivity contribution is 5.99. The Labute approximate surface area is 419 Å². The quantitative estimate of drug-likeness (QED) is 0.0304. The molecule has 0 radical (unpaired) electrons. The fraction of sp³-hybridized carbons (Fsp3) is 0.383. The molecule has 0 spiro atoms. The number of H-pyrrole nitrogens is 1. The van der Waals surface area contributed by atoms with Gasteiger partial charge in [-0.05, 0) is 69.0 Å². The van der Waals surface area contributed by atoms with Gasteiger partial charge in [0.05, 0.1) is 55.6 Å². The highest BCUT2D eigenvalue weighted by Crippen LogP contribution is 2.19. The van der Waals surface area contributed by atoms with Crippen LogP contribution in [0.2, 0.25) is 0 Å². The number of nitrogens with one attached hydrogen (secondary N) is 6. The van der Waals surface area contributed by atoms with E-state index < -0.39 is 140 Å². The van der Waals surface area contributed by atoms with Crippen LogP contribution in [-0.2, 0) is 49.7 Å². The maximum atomic E-state index is 13.5. The Hall–Kier alpha value is -9.17. The van der Waals surface area contributed by atoms with E-state index in [2.05, 4.69) is 46.5 Å². The summed E-state index contributed by atoms with van der Waals surface area (Å²) in [6.45, 7) is 2.10. The molecule has 0 bridgehead atoms. The van der Waals surface area contributed by atoms with Crippen molar-refractivity contribution in [3.63, 3.8) is 0 Å². The number of anilines is 2. The Bertz CT molecular complexity index is 2820. The van der Waals surface area contributed by atoms with Gasteiger partial charge in [-0.1, -0.05) is 17.7 Å². The third kappa shape index (κ3) is 18.5. The number of carbonyl (C=O) groups is 11. The smallest absolute Gasteiger partial charge is 0.326 e. The topological polar surface area (TPSA) is 447 Å². The van der Waals surface area contributed by atoms with Crippen molar-refractivity contribution in [1.29, 1.82) is 0 Å². The number of aromatic amines is 1. The molecule has 74 heavy (non-hydrogen) atoms. The monoisotopic (exact) mass is 1030 g/mol. The molecule has 5 atom stereocenters. The average Bonchev–Trinajstić information content (AvgIpc) is 3.33. The fourth-order valence-electron chi connectivity index (χ4n) is 7.23. The number of carboxylic acids is 5. The number of nitrogens with zero attached hydrogens (tertiary/aromatic N) is 3. The fourth-order valence-corrected chi connectivity index (χ4v) is 7.23. The Morgan fingerprint density at radius 3 is 1.78 bits per heavy atom. The Balaban J connectivity index is 1.32. The van der Waals surface area contributed by atoms with E-state index >= 15 is 0 Å². The number of amides is 4. The number of hydrogen-bond donors (Lipinski definition) is 12. The average molecular weight is 1030 g/mol. The highest BCUT2D eigenvalue weighted by atomic mass is 16.4. The van der Waals surface area contributed by atoms with Crippen molar-refractivity contribution in [2.24, 2.45) is 11.8 Å². The zero-order valence-corrected chi connectivity index (χ0v) is 39.6. The summed E-state index contributed by atoms with van der Waals surface area (Å²) < 4.78 is 0. The van der Waals surface area contributed by atoms with Crippen molar-refractivity contribution in [3.05, 3.63) is 87.5 Å². The molecule has 2 aromatic heterocycles. The molecule has 394 valence electrons. The number of aromatic nitrogens is 4. The van der Waals surface area contributed by atoms with Crippen molar-refractivity contribution >= 4 is 87.8 Å². The van der Waals surface area contributed by atoms with Gasteiger partial charge >= 0.3 is 29.8 Å². The van der Waals surface area contributed by atoms with Gasteiger partial charge < -0.3 is 57.9 Å². The minimum atomic E-state index is -2.00. The Morgan fingerprint density at radius 1 is 0.635 bits per heavy atom. The minimum absolute atomic E-state index is 0.0153. The van der Waals surface area contributed by atoms with Crippen LogP contribution in [0.4, 0.5) is 11.6 Å². The number of nitrogen functional groups attached to an aromatic ring is 1. The second kappa shape index (κ2) is 27.4. The molecule has 4 amide bonds. The third-order valence-corrected chi connectivity index (χ3v) is 11.1. The third-order valence-electron chi connectivity index (χ3n) is 11.1. The Kier molecular flexibility index (Phi) is 21.3. The molecule has 0 aliphatic heterocycles. The largest absolute Gasteiger partial charge is 0.481 e. The summed E-state index contributed by atoms with van der Waals surface area (Å²) in [5.41, 5.74) is 7.18. The molecule has 13 N–H and O–H groups in total. The van der Waals surface area contributed by atoms with E-state index in [4.69, 9.17) is 5.73 Å². The van der Waals surface area contributed by atoms with Crippen LogP contribution in [0, 0.1) is 18.8 Å². The molecule has 0 unspecified atom stereocenters. The number of nitrogens with two attached hydrogens (primary N) is 1. The first kappa shape index (κ1) is 57.4. The lowest BCUT2D eigenvalue weighted by molar-refractivity contribution is -0.146. The van der Waals surface area contributed by atoms with Gasteiger partial charge in [-0.25, -0.2) is 19.6 Å². The molecule has 2 aromatic carbocycles. The number of aryl methyl sites for hydroxylation is 1. The predicted molar refractivity (Wildman–Crippen MR) is 256 cm³/mol. The van der Waals surface area contributed by atoms with Crippen molar-refractivity contribution in [2.75, 3.05) is 17.6 Å². The standard InChI is InChI=1S/C47H54N10O17/c1-23-5-7-24(8-6-23)40(66)49-15-3-2-4-31(45(71)72)53-43(69)27(19-36(62)63)17-34(59)33(20-37(64)65)55-42(68)26(18-35(60)61)16-30(58)13-14-32(46(73)74)54-41(67)25-9-11-28(12-10-25)50-21-29-22-51-39-38(52-29)44(70)57-47(48)56-39/h5-12,22,26-27,31-33,50H,2-4,13-21H2,1H3,(H,49,66)(H,53,69)(H,54,67)(H,55,68)(H,60,61)(H,62,63)(H,64,65)(H,71,72)(H,73,74)(H3,48,51,56,57,70)/t26-,27+,31+,32+,33+/m1/s1. The number of carbonyl (C=O) groups excluding carboxylic acids is 6. The van der Waals surface area contributed by atoms with E-state index in [-0.39, 0.29) is 60.9 Å². The summed E-state index contributed by atoms with van der Waals surface area (Å²) in [5.74, 6) is -17.4. The van der Waals surface area contributed by atoms with E-state index in [1.807, 2.05) is 6.92 Å². The van der Waals surface area contributed by atoms with Gasteiger partial charge in [0.2, 0.25) is 17.8 Å². The zero-order chi connectivity index (χ0) is 54.6. The number of hydrogen-bond acceptors (Lipinski definition) is 17. The molecule has 27 nitrogen and oxygen atoms in total. The highest BCUT2D eigenvalue weighted by Gasteiger charge is 2.35. The van der Waals surface area contributed by atoms with Crippen LogP contribution in [0.3, 0.4) is 0 Å². The van der Waals surface area contributed by atoms with Gasteiger partial charge in [-0.2, -0.15) is 4.98 Å². The number of unbranched alkanes of at least 4 members (excludes halogenated alkanes) is 1. The summed E-state index contributed by atoms with van der Waals surface area (Å²) in [7, 11) is 0. The van der Waals surface area contributed by atoms with Crippen molar-refractivity contribution < 1.29 is 78.3 Å². The van der Waals surface area contributed by atoms with Crippen LogP contribution in [0.1, 0.15) is 96.2 Å². The van der Waals surface area contributed by atoms with Crippen LogP contribution < -0.4 is 37.9 Å². The number of fused-ring (bicyclic) bond motifs is 1. The molecule has 27 heteroatoms. The molecule has 0 saturated carbocycles. The zero-order valence-electron chi connectivity index (χ0n) is 39.6. The molecule has 4 aromatic rings. The van der Waals surface area contributed by atoms with Gasteiger partial charge in [-0.15, -0.1) is 0 Å². The van der Waals surface area contributed by atoms with E-state index in [9.17, 15) is 83.1 Å². The van der Waals surface area contributed by atoms with Crippen LogP contribution in [0.5, 0.6) is 0 Å². The van der Waals surface area contributed by atoms with E-state index in [1.165, 1.54) is 30.5 Å². The number of rotatable bonds is 31. The molecule has 2 heterocycles. The maximum Gasteiger partial charge on any atom is 0.326 e. The summed E-state index contributed by atoms with van der Waals surface area (Å²) in [6.07, 6.45) is -4.57. The van der Waals surface area contributed by atoms with Gasteiger partial charge in [0.1, 0.15) is 17.9 Å². The molecule has 0 aliphatic carbocycles. The summed E-state index contributed by atoms with van der Waals surface area (Å²) >= 11 is 0. The molecular formula is C47H54N10O17. The van der Waals surface area contributed by atoms with Crippen molar-refractivity contribution in [2.45, 2.75) is 95.8 Å². The lowest BCUT2D eigenvalue weighted by Gasteiger charge is -2.23. The first-order valence-electron chi connectivity index (χ1n) is 22.8. The van der Waals surface area contributed by atoms with Crippen LogP contribution in [0.25, 0.3) is 11.2 Å². The number of benzene rings is 2. The second-order valence-corrected chi connectivity index (χ2v) is 17.0. The summed E-state index contributed by atoms with van der Waals surface area (Å²) in [6, 6.07) is 7.25. The molecule has 0 aliphatic rings. The van der Waals surface area contributed by atoms with Gasteiger partial charge in [0.25, 0.3) is 17.4 Å². The molecular weight excluding hydrogens is 977 g/mol. The lowest BCUT2D eigenvalue weighted by atomic mass is 9.91. The van der Waals surface area contributed by atoms with Gasteiger partial charge in [0.15, 0.2) is 16.9 Å². The first-order chi connectivity index (χ1) is 35.0. The van der Waals surface area contributed by atoms with E-state index in [1.54, 1.807) is 24.3 Å². The number of ketones is 2. The van der Waals surface area contributed by atoms with E-state index in [0.717, 1.165) is 5.56 Å². The SMILES string of the molecule is Cc1ccc(C(=O)NCCCC[C@H](NC(=O)[C@H](CC(=O)O)CC(=O)[C@H](CC(=O)O)NC(=O)[C@@H](CC(=O)O)CC(=O)CC[C@H](NC(=O)c2ccc(NCc3cnc4nc(N)[nH]c(=O)c4n3)cc2)C(=O)O)C(=O)O)cc1. The second-order valence-electron chi connectivity index (χ2n) is 17.0.